The third-order valence-corrected chi connectivity index (χ3v) is 5.65. The van der Waals surface area contributed by atoms with E-state index in [1.54, 1.807) is 12.0 Å². The molecule has 1 heterocycles. The van der Waals surface area contributed by atoms with E-state index in [4.69, 9.17) is 4.74 Å². The maximum absolute atomic E-state index is 13.6. The summed E-state index contributed by atoms with van der Waals surface area (Å²) in [6.07, 6.45) is 1.83. The first-order valence-electron chi connectivity index (χ1n) is 14.6. The van der Waals surface area contributed by atoms with Gasteiger partial charge in [-0.15, -0.1) is 0 Å². The lowest BCUT2D eigenvalue weighted by Crippen LogP contribution is -2.39. The number of anilines is 1. The van der Waals surface area contributed by atoms with Crippen LogP contribution >= 0.6 is 0 Å². The van der Waals surface area contributed by atoms with Gasteiger partial charge in [-0.1, -0.05) is 102 Å². The van der Waals surface area contributed by atoms with Crippen LogP contribution in [0, 0.1) is 21.4 Å². The molecule has 1 aliphatic rings. The van der Waals surface area contributed by atoms with Crippen molar-refractivity contribution in [2.45, 2.75) is 114 Å². The molecule has 2 aromatic carbocycles. The monoisotopic (exact) mass is 543 g/mol. The normalized spacial score (nSPS) is 13.9. The summed E-state index contributed by atoms with van der Waals surface area (Å²) in [4.78, 5) is 26.1. The van der Waals surface area contributed by atoms with E-state index in [0.717, 1.165) is 12.0 Å². The third kappa shape index (κ3) is 9.69. The van der Waals surface area contributed by atoms with Gasteiger partial charge in [0.05, 0.1) is 35.2 Å². The molecular formula is C32H53N3O4. The van der Waals surface area contributed by atoms with Crippen molar-refractivity contribution in [1.82, 2.24) is 0 Å². The molecular weight excluding hydrogens is 490 g/mol. The maximum Gasteiger partial charge on any atom is 0.271 e. The molecule has 0 spiro atoms. The molecule has 0 aliphatic carbocycles. The van der Waals surface area contributed by atoms with Gasteiger partial charge >= 0.3 is 0 Å². The van der Waals surface area contributed by atoms with Gasteiger partial charge in [0.25, 0.3) is 5.69 Å². The minimum atomic E-state index is -0.853. The molecule has 7 heteroatoms. The minimum Gasteiger partial charge on any atom is -0.497 e. The highest BCUT2D eigenvalue weighted by Crippen LogP contribution is 2.50. The molecule has 1 aliphatic heterocycles. The highest BCUT2D eigenvalue weighted by molar-refractivity contribution is 6.09. The van der Waals surface area contributed by atoms with Crippen molar-refractivity contribution in [3.63, 3.8) is 0 Å². The minimum absolute atomic E-state index is 0.107. The SMILES string of the molecule is CC.CC.CC.CC.CC.CCCC1(CC)C(=O)N(Cc2ccc(OC)cc2)c2c(C#N)cc([N+](=O)[O-])cc21. The van der Waals surface area contributed by atoms with Crippen LogP contribution in [0.2, 0.25) is 0 Å². The van der Waals surface area contributed by atoms with Gasteiger partial charge < -0.3 is 9.64 Å². The number of benzene rings is 2. The molecule has 3 rings (SSSR count). The standard InChI is InChI=1S/C22H23N3O4.5C2H6/c1-4-10-22(5-2)19-12-17(25(27)28)11-16(13-23)20(19)24(21(22)26)14-15-6-8-18(29-3)9-7-15;5*1-2/h6-9,11-12H,4-5,10,14H2,1-3H3;5*1-2H3. The molecule has 1 amide bonds. The first kappa shape index (κ1) is 40.1. The first-order chi connectivity index (χ1) is 18.9. The largest absolute Gasteiger partial charge is 0.497 e. The van der Waals surface area contributed by atoms with Crippen molar-refractivity contribution >= 4 is 17.3 Å². The van der Waals surface area contributed by atoms with Gasteiger partial charge in [-0.25, -0.2) is 0 Å². The highest BCUT2D eigenvalue weighted by Gasteiger charge is 2.50. The molecule has 0 bridgehead atoms. The lowest BCUT2D eigenvalue weighted by Gasteiger charge is -2.27. The quantitative estimate of drug-likeness (QED) is 0.256. The number of hydrogen-bond donors (Lipinski definition) is 0. The van der Waals surface area contributed by atoms with Gasteiger partial charge in [0.2, 0.25) is 5.91 Å². The topological polar surface area (TPSA) is 96.5 Å². The summed E-state index contributed by atoms with van der Waals surface area (Å²) >= 11 is 0. The zero-order valence-electron chi connectivity index (χ0n) is 26.8. The van der Waals surface area contributed by atoms with Crippen LogP contribution in [0.4, 0.5) is 11.4 Å². The fourth-order valence-corrected chi connectivity index (χ4v) is 4.19. The lowest BCUT2D eigenvalue weighted by molar-refractivity contribution is -0.384. The Balaban J connectivity index is -0.00000116. The van der Waals surface area contributed by atoms with Gasteiger partial charge in [0, 0.05) is 12.1 Å². The average molecular weight is 544 g/mol. The van der Waals surface area contributed by atoms with Crippen molar-refractivity contribution in [3.8, 4) is 11.8 Å². The number of carbonyl (C=O) groups excluding carboxylic acids is 1. The predicted octanol–water partition coefficient (Wildman–Crippen LogP) is 9.60. The Morgan fingerprint density at radius 1 is 0.949 bits per heavy atom. The van der Waals surface area contributed by atoms with E-state index in [9.17, 15) is 20.2 Å². The molecule has 0 saturated carbocycles. The fourth-order valence-electron chi connectivity index (χ4n) is 4.19. The van der Waals surface area contributed by atoms with Crippen molar-refractivity contribution in [1.29, 1.82) is 5.26 Å². The van der Waals surface area contributed by atoms with Crippen LogP contribution in [0.3, 0.4) is 0 Å². The zero-order chi connectivity index (χ0) is 31.2. The smallest absolute Gasteiger partial charge is 0.271 e. The van der Waals surface area contributed by atoms with E-state index >= 15 is 0 Å². The second-order valence-corrected chi connectivity index (χ2v) is 7.18. The molecule has 39 heavy (non-hydrogen) atoms. The number of nitriles is 1. The lowest BCUT2D eigenvalue weighted by atomic mass is 9.75. The summed E-state index contributed by atoms with van der Waals surface area (Å²) in [7, 11) is 1.59. The molecule has 0 N–H and O–H groups in total. The van der Waals surface area contributed by atoms with Gasteiger partial charge in [-0.05, 0) is 36.1 Å². The van der Waals surface area contributed by atoms with E-state index in [1.165, 1.54) is 12.1 Å². The second kappa shape index (κ2) is 22.6. The number of nitrogens with zero attached hydrogens (tertiary/aromatic N) is 3. The van der Waals surface area contributed by atoms with Gasteiger partial charge in [0.15, 0.2) is 0 Å². The Hall–Kier alpha value is -3.40. The van der Waals surface area contributed by atoms with Gasteiger partial charge in [-0.2, -0.15) is 5.26 Å². The number of ether oxygens (including phenoxy) is 1. The van der Waals surface area contributed by atoms with E-state index in [1.807, 2.05) is 107 Å². The Morgan fingerprint density at radius 3 is 1.85 bits per heavy atom. The fraction of sp³-hybridized carbons (Fsp3) is 0.562. The number of amides is 1. The Morgan fingerprint density at radius 2 is 1.46 bits per heavy atom. The van der Waals surface area contributed by atoms with E-state index < -0.39 is 10.3 Å². The molecule has 0 saturated heterocycles. The van der Waals surface area contributed by atoms with Gasteiger partial charge in [-0.3, -0.25) is 14.9 Å². The number of carbonyl (C=O) groups is 1. The Bertz CT molecular complexity index is 998. The van der Waals surface area contributed by atoms with Crippen molar-refractivity contribution < 1.29 is 14.5 Å². The summed E-state index contributed by atoms with van der Waals surface area (Å²) < 4.78 is 5.18. The maximum atomic E-state index is 13.6. The van der Waals surface area contributed by atoms with Crippen molar-refractivity contribution in [2.24, 2.45) is 0 Å². The molecule has 0 radical (unpaired) electrons. The van der Waals surface area contributed by atoms with Crippen LogP contribution in [0.25, 0.3) is 0 Å². The van der Waals surface area contributed by atoms with Crippen LogP contribution < -0.4 is 9.64 Å². The number of rotatable bonds is 7. The predicted molar refractivity (Wildman–Crippen MR) is 166 cm³/mol. The van der Waals surface area contributed by atoms with Crippen LogP contribution in [0.5, 0.6) is 5.75 Å². The number of non-ortho nitro benzene ring substituents is 1. The number of hydrogen-bond acceptors (Lipinski definition) is 5. The first-order valence-corrected chi connectivity index (χ1v) is 14.6. The second-order valence-electron chi connectivity index (χ2n) is 7.18. The van der Waals surface area contributed by atoms with Crippen LogP contribution in [-0.4, -0.2) is 17.9 Å². The van der Waals surface area contributed by atoms with Crippen LogP contribution in [0.15, 0.2) is 36.4 Å². The number of fused-ring (bicyclic) bond motifs is 1. The van der Waals surface area contributed by atoms with E-state index in [-0.39, 0.29) is 23.7 Å². The summed E-state index contributed by atoms with van der Waals surface area (Å²) in [5.41, 5.74) is 1.11. The molecule has 2 aromatic rings. The zero-order valence-corrected chi connectivity index (χ0v) is 26.8. The number of nitro benzene ring substituents is 1. The highest BCUT2D eigenvalue weighted by atomic mass is 16.6. The van der Waals surface area contributed by atoms with Crippen molar-refractivity contribution in [2.75, 3.05) is 12.0 Å². The van der Waals surface area contributed by atoms with Gasteiger partial charge in [0.1, 0.15) is 11.8 Å². The third-order valence-electron chi connectivity index (χ3n) is 5.65. The Labute approximate surface area is 238 Å². The van der Waals surface area contributed by atoms with Crippen LogP contribution in [0.1, 0.15) is 119 Å². The summed E-state index contributed by atoms with van der Waals surface area (Å²) in [6, 6.07) is 12.2. The molecule has 1 unspecified atom stereocenters. The molecule has 220 valence electrons. The summed E-state index contributed by atoms with van der Waals surface area (Å²) in [6.45, 7) is 24.2. The number of methoxy groups -OCH3 is 1. The van der Waals surface area contributed by atoms with Crippen LogP contribution in [-0.2, 0) is 16.8 Å². The van der Waals surface area contributed by atoms with E-state index in [2.05, 4.69) is 6.07 Å². The van der Waals surface area contributed by atoms with Crippen molar-refractivity contribution in [3.05, 3.63) is 63.2 Å². The van der Waals surface area contributed by atoms with E-state index in [0.29, 0.717) is 29.8 Å². The average Bonchev–Trinajstić information content (AvgIpc) is 3.25. The molecule has 0 aromatic heterocycles. The molecule has 7 nitrogen and oxygen atoms in total. The summed E-state index contributed by atoms with van der Waals surface area (Å²) in [5.74, 6) is 0.605. The molecule has 0 fully saturated rings. The number of nitro groups is 1. The molecule has 1 atom stereocenters. The Kier molecular flexibility index (Phi) is 23.2. The summed E-state index contributed by atoms with van der Waals surface area (Å²) in [5, 5.41) is 21.1.